The third-order valence-electron chi connectivity index (χ3n) is 5.23. The molecule has 31 heavy (non-hydrogen) atoms. The van der Waals surface area contributed by atoms with Crippen LogP contribution in [0.15, 0.2) is 94.8 Å². The van der Waals surface area contributed by atoms with Crippen LogP contribution in [0.4, 0.5) is 28.4 Å². The van der Waals surface area contributed by atoms with E-state index in [1.54, 1.807) is 0 Å². The van der Waals surface area contributed by atoms with Crippen LogP contribution in [-0.4, -0.2) is 0 Å². The molecule has 4 aromatic rings. The molecule has 5 heteroatoms. The molecule has 1 unspecified atom stereocenters. The van der Waals surface area contributed by atoms with Gasteiger partial charge in [-0.15, -0.1) is 0 Å². The molecule has 0 fully saturated rings. The van der Waals surface area contributed by atoms with E-state index < -0.39 is 0 Å². The maximum Gasteiger partial charge on any atom is 0.0777 e. The molecule has 0 amide bonds. The van der Waals surface area contributed by atoms with Gasteiger partial charge in [0.1, 0.15) is 0 Å². The number of hydrogen-bond acceptors (Lipinski definition) is 3. The largest absolute Gasteiger partial charge is 0.355 e. The normalized spacial score (nSPS) is 14.2. The Morgan fingerprint density at radius 3 is 1.77 bits per heavy atom. The Morgan fingerprint density at radius 1 is 0.645 bits per heavy atom. The number of hydrogen-bond donors (Lipinski definition) is 2. The highest BCUT2D eigenvalue weighted by molar-refractivity contribution is 14.2. The van der Waals surface area contributed by atoms with Crippen molar-refractivity contribution in [3.05, 3.63) is 106 Å². The maximum absolute atomic E-state index is 4.93. The van der Waals surface area contributed by atoms with E-state index in [1.165, 1.54) is 20.5 Å². The van der Waals surface area contributed by atoms with E-state index in [-0.39, 0.29) is 7.66 Å². The van der Waals surface area contributed by atoms with Gasteiger partial charge < -0.3 is 10.6 Å². The van der Waals surface area contributed by atoms with E-state index in [0.717, 1.165) is 33.8 Å². The van der Waals surface area contributed by atoms with Crippen molar-refractivity contribution in [1.82, 2.24) is 0 Å². The standard InChI is InChI=1S/C26H22IN3S/c1-17-3-7-19(8-4-17)28-21-11-13-23-25(15-21)31(27)26-16-22(12-14-24(26)30-23)29-20-9-5-18(2)6-10-20/h3-16,28-29H,1-2H3. The molecule has 0 spiro atoms. The predicted octanol–water partition coefficient (Wildman–Crippen LogP) is 7.98. The number of aryl methyl sites for hydroxylation is 2. The molecule has 3 nitrogen and oxygen atoms in total. The minimum absolute atomic E-state index is 0.0877. The smallest absolute Gasteiger partial charge is 0.0777 e. The van der Waals surface area contributed by atoms with E-state index in [0.29, 0.717) is 0 Å². The van der Waals surface area contributed by atoms with Crippen LogP contribution >= 0.6 is 28.9 Å². The van der Waals surface area contributed by atoms with Gasteiger partial charge in [-0.2, -0.15) is 0 Å². The summed E-state index contributed by atoms with van der Waals surface area (Å²) in [7, 11) is -0.0877. The average Bonchev–Trinajstić information content (AvgIpc) is 2.78. The van der Waals surface area contributed by atoms with Crippen LogP contribution in [0, 0.1) is 18.4 Å². The summed E-state index contributed by atoms with van der Waals surface area (Å²) in [5.74, 6) is 0. The molecule has 154 valence electrons. The summed E-state index contributed by atoms with van der Waals surface area (Å²) < 4.78 is 1.26. The van der Waals surface area contributed by atoms with E-state index >= 15 is 0 Å². The van der Waals surface area contributed by atoms with Crippen LogP contribution in [0.25, 0.3) is 0 Å². The molecule has 1 aliphatic rings. The Hall–Kier alpha value is -2.64. The third kappa shape index (κ3) is 4.38. The first-order valence-electron chi connectivity index (χ1n) is 10.1. The van der Waals surface area contributed by atoms with Gasteiger partial charge in [-0.3, -0.25) is 0 Å². The summed E-state index contributed by atoms with van der Waals surface area (Å²) in [6, 6.07) is 29.9. The molecule has 5 rings (SSSR count). The molecule has 0 saturated heterocycles. The van der Waals surface area contributed by atoms with Gasteiger partial charge in [0, 0.05) is 32.2 Å². The topological polar surface area (TPSA) is 36.4 Å². The lowest BCUT2D eigenvalue weighted by molar-refractivity contribution is 1.25. The van der Waals surface area contributed by atoms with Gasteiger partial charge in [0.05, 0.1) is 11.0 Å². The summed E-state index contributed by atoms with van der Waals surface area (Å²) in [5, 5.41) is 8.10. The maximum atomic E-state index is 4.93. The SMILES string of the molecule is Cc1ccc(Nc2ccc3c(c2)S(I)=c2cc(Nc4ccc(C)cc4)ccc2=N3)cc1. The van der Waals surface area contributed by atoms with Crippen molar-refractivity contribution in [2.24, 2.45) is 4.99 Å². The lowest BCUT2D eigenvalue weighted by Crippen LogP contribution is -2.06. The van der Waals surface area contributed by atoms with Crippen LogP contribution in [-0.2, 0) is 0 Å². The molecule has 0 aromatic heterocycles. The minimum atomic E-state index is -0.0877. The number of anilines is 4. The Balaban J connectivity index is 1.49. The molecule has 1 heterocycles. The molecule has 1 aliphatic heterocycles. The van der Waals surface area contributed by atoms with Crippen molar-refractivity contribution >= 4 is 57.3 Å². The van der Waals surface area contributed by atoms with Crippen molar-refractivity contribution in [3.8, 4) is 0 Å². The van der Waals surface area contributed by atoms with Crippen LogP contribution in [0.2, 0.25) is 0 Å². The minimum Gasteiger partial charge on any atom is -0.355 e. The first-order chi connectivity index (χ1) is 15.0. The van der Waals surface area contributed by atoms with Gasteiger partial charge in [0.2, 0.25) is 0 Å². The van der Waals surface area contributed by atoms with Gasteiger partial charge in [-0.05, 0) is 95.7 Å². The average molecular weight is 535 g/mol. The van der Waals surface area contributed by atoms with Gasteiger partial charge in [-0.25, -0.2) is 4.99 Å². The molecule has 1 atom stereocenters. The molecule has 4 aromatic carbocycles. The zero-order chi connectivity index (χ0) is 21.4. The monoisotopic (exact) mass is 535 g/mol. The van der Waals surface area contributed by atoms with E-state index in [9.17, 15) is 0 Å². The quantitative estimate of drug-likeness (QED) is 0.205. The fraction of sp³-hybridized carbons (Fsp3) is 0.0769. The first kappa shape index (κ1) is 20.3. The molecular formula is C26H22IN3S. The number of fused-ring (bicyclic) bond motifs is 2. The lowest BCUT2D eigenvalue weighted by Gasteiger charge is -2.15. The molecule has 2 N–H and O–H groups in total. The Bertz CT molecular complexity index is 1390. The van der Waals surface area contributed by atoms with Crippen molar-refractivity contribution in [1.29, 1.82) is 0 Å². The second-order valence-electron chi connectivity index (χ2n) is 7.72. The van der Waals surface area contributed by atoms with Crippen LogP contribution in [0.5, 0.6) is 0 Å². The summed E-state index contributed by atoms with van der Waals surface area (Å²) in [6.07, 6.45) is 0. The van der Waals surface area contributed by atoms with Gasteiger partial charge in [0.25, 0.3) is 0 Å². The fourth-order valence-electron chi connectivity index (χ4n) is 3.51. The second kappa shape index (κ2) is 8.48. The molecule has 0 aliphatic carbocycles. The van der Waals surface area contributed by atoms with E-state index in [2.05, 4.69) is 131 Å². The van der Waals surface area contributed by atoms with Crippen LogP contribution in [0.1, 0.15) is 11.1 Å². The zero-order valence-electron chi connectivity index (χ0n) is 17.3. The van der Waals surface area contributed by atoms with Gasteiger partial charge in [-0.1, -0.05) is 43.0 Å². The highest BCUT2D eigenvalue weighted by atomic mass is 127. The van der Waals surface area contributed by atoms with Crippen molar-refractivity contribution in [3.63, 3.8) is 0 Å². The predicted molar refractivity (Wildman–Crippen MR) is 141 cm³/mol. The zero-order valence-corrected chi connectivity index (χ0v) is 20.3. The number of benzene rings is 4. The lowest BCUT2D eigenvalue weighted by atomic mass is 10.2. The third-order valence-corrected chi connectivity index (χ3v) is 9.50. The second-order valence-corrected chi connectivity index (χ2v) is 11.7. The fourth-order valence-corrected chi connectivity index (χ4v) is 6.92. The van der Waals surface area contributed by atoms with Crippen molar-refractivity contribution in [2.75, 3.05) is 10.6 Å². The highest BCUT2D eigenvalue weighted by Gasteiger charge is 2.12. The van der Waals surface area contributed by atoms with E-state index in [1.807, 2.05) is 0 Å². The molecule has 0 radical (unpaired) electrons. The molecule has 0 bridgehead atoms. The molecule has 0 saturated carbocycles. The first-order valence-corrected chi connectivity index (χ1v) is 13.9. The van der Waals surface area contributed by atoms with E-state index in [4.69, 9.17) is 4.99 Å². The van der Waals surface area contributed by atoms with Crippen LogP contribution < -0.4 is 16.0 Å². The number of nitrogens with zero attached hydrogens (tertiary/aromatic N) is 1. The number of nitrogens with one attached hydrogen (secondary N) is 2. The Kier molecular flexibility index (Phi) is 5.54. The summed E-state index contributed by atoms with van der Waals surface area (Å²) in [4.78, 5) is 6.19. The Morgan fingerprint density at radius 2 is 1.16 bits per heavy atom. The van der Waals surface area contributed by atoms with Gasteiger partial charge >= 0.3 is 0 Å². The molecular weight excluding hydrogens is 513 g/mol. The van der Waals surface area contributed by atoms with Crippen molar-refractivity contribution < 1.29 is 0 Å². The highest BCUT2D eigenvalue weighted by Crippen LogP contribution is 2.46. The summed E-state index contributed by atoms with van der Waals surface area (Å²) in [5.41, 5.74) is 7.94. The van der Waals surface area contributed by atoms with Crippen molar-refractivity contribution in [2.45, 2.75) is 18.7 Å². The van der Waals surface area contributed by atoms with Gasteiger partial charge in [0.15, 0.2) is 0 Å². The number of rotatable bonds is 4. The van der Waals surface area contributed by atoms with Crippen LogP contribution in [0.3, 0.4) is 0 Å². The Labute approximate surface area is 196 Å². The number of halogens is 1. The summed E-state index contributed by atoms with van der Waals surface area (Å²) >= 11 is 2.56. The summed E-state index contributed by atoms with van der Waals surface area (Å²) in [6.45, 7) is 4.21.